The second-order valence-electron chi connectivity index (χ2n) is 4.52. The zero-order chi connectivity index (χ0) is 15.7. The summed E-state index contributed by atoms with van der Waals surface area (Å²) in [5.41, 5.74) is 0.999. The van der Waals surface area contributed by atoms with E-state index in [1.807, 2.05) is 0 Å². The summed E-state index contributed by atoms with van der Waals surface area (Å²) in [5, 5.41) is 24.0. The highest BCUT2D eigenvalue weighted by Gasteiger charge is 2.22. The van der Waals surface area contributed by atoms with Crippen molar-refractivity contribution in [3.63, 3.8) is 0 Å². The molecule has 0 saturated heterocycles. The second kappa shape index (κ2) is 5.31. The molecule has 0 aliphatic rings. The van der Waals surface area contributed by atoms with Crippen LogP contribution in [0, 0.1) is 29.8 Å². The molecule has 110 valence electrons. The Kier molecular flexibility index (Phi) is 3.70. The fourth-order valence-corrected chi connectivity index (χ4v) is 2.14. The van der Waals surface area contributed by atoms with Gasteiger partial charge >= 0.3 is 5.97 Å². The van der Waals surface area contributed by atoms with E-state index in [2.05, 4.69) is 5.10 Å². The highest BCUT2D eigenvalue weighted by molar-refractivity contribution is 5.71. The van der Waals surface area contributed by atoms with Gasteiger partial charge < -0.3 is 5.11 Å². The molecule has 0 radical (unpaired) electrons. The SMILES string of the molecule is Cc1nn(-c2cc(F)ccc2[N+](=O)[O-])c(C)c1CC(=O)O. The summed E-state index contributed by atoms with van der Waals surface area (Å²) in [6, 6.07) is 3.05. The van der Waals surface area contributed by atoms with Gasteiger partial charge in [-0.2, -0.15) is 5.10 Å². The molecule has 1 aromatic carbocycles. The quantitative estimate of drug-likeness (QED) is 0.688. The topological polar surface area (TPSA) is 98.3 Å². The number of carboxylic acids is 1. The highest BCUT2D eigenvalue weighted by Crippen LogP contribution is 2.26. The molecule has 2 rings (SSSR count). The molecule has 2 aromatic rings. The number of carbonyl (C=O) groups is 1. The van der Waals surface area contributed by atoms with Gasteiger partial charge in [0, 0.05) is 23.4 Å². The van der Waals surface area contributed by atoms with Crippen molar-refractivity contribution in [3.05, 3.63) is 51.1 Å². The van der Waals surface area contributed by atoms with Crippen LogP contribution < -0.4 is 0 Å². The highest BCUT2D eigenvalue weighted by atomic mass is 19.1. The van der Waals surface area contributed by atoms with Crippen LogP contribution in [0.15, 0.2) is 18.2 Å². The molecular weight excluding hydrogens is 281 g/mol. The number of aliphatic carboxylic acids is 1. The van der Waals surface area contributed by atoms with Gasteiger partial charge in [-0.3, -0.25) is 14.9 Å². The van der Waals surface area contributed by atoms with Gasteiger partial charge in [0.1, 0.15) is 11.5 Å². The number of nitro benzene ring substituents is 1. The molecule has 0 aliphatic carbocycles. The Labute approximate surface area is 118 Å². The molecule has 0 saturated carbocycles. The molecule has 21 heavy (non-hydrogen) atoms. The number of nitrogens with zero attached hydrogens (tertiary/aromatic N) is 3. The van der Waals surface area contributed by atoms with Crippen molar-refractivity contribution in [1.29, 1.82) is 0 Å². The summed E-state index contributed by atoms with van der Waals surface area (Å²) >= 11 is 0. The molecule has 0 aliphatic heterocycles. The lowest BCUT2D eigenvalue weighted by Gasteiger charge is -2.06. The van der Waals surface area contributed by atoms with Crippen LogP contribution >= 0.6 is 0 Å². The molecule has 0 unspecified atom stereocenters. The number of hydrogen-bond acceptors (Lipinski definition) is 4. The van der Waals surface area contributed by atoms with E-state index in [1.54, 1.807) is 13.8 Å². The van der Waals surface area contributed by atoms with Crippen LogP contribution in [-0.2, 0) is 11.2 Å². The first-order valence-electron chi connectivity index (χ1n) is 6.02. The molecule has 0 atom stereocenters. The number of halogens is 1. The third kappa shape index (κ3) is 2.73. The molecule has 8 heteroatoms. The summed E-state index contributed by atoms with van der Waals surface area (Å²) in [4.78, 5) is 21.2. The maximum atomic E-state index is 13.4. The maximum absolute atomic E-state index is 13.4. The number of nitro groups is 1. The van der Waals surface area contributed by atoms with Gasteiger partial charge in [-0.05, 0) is 19.9 Å². The Morgan fingerprint density at radius 1 is 1.48 bits per heavy atom. The lowest BCUT2D eigenvalue weighted by atomic mass is 10.1. The molecule has 0 spiro atoms. The Balaban J connectivity index is 2.65. The van der Waals surface area contributed by atoms with Crippen molar-refractivity contribution in [1.82, 2.24) is 9.78 Å². The minimum Gasteiger partial charge on any atom is -0.481 e. The number of benzene rings is 1. The van der Waals surface area contributed by atoms with Gasteiger partial charge in [0.2, 0.25) is 0 Å². The fraction of sp³-hybridized carbons (Fsp3) is 0.231. The zero-order valence-electron chi connectivity index (χ0n) is 11.3. The van der Waals surface area contributed by atoms with Gasteiger partial charge in [0.15, 0.2) is 0 Å². The summed E-state index contributed by atoms with van der Waals surface area (Å²) in [7, 11) is 0. The first-order chi connectivity index (χ1) is 9.81. The number of aryl methyl sites for hydroxylation is 1. The van der Waals surface area contributed by atoms with Crippen LogP contribution in [-0.4, -0.2) is 25.8 Å². The average Bonchev–Trinajstić information content (AvgIpc) is 2.65. The fourth-order valence-electron chi connectivity index (χ4n) is 2.14. The summed E-state index contributed by atoms with van der Waals surface area (Å²) in [5.74, 6) is -1.67. The van der Waals surface area contributed by atoms with Crippen molar-refractivity contribution < 1.29 is 19.2 Å². The predicted molar refractivity (Wildman–Crippen MR) is 71.0 cm³/mol. The van der Waals surface area contributed by atoms with Crippen LogP contribution in [0.5, 0.6) is 0 Å². The summed E-state index contributed by atoms with van der Waals surface area (Å²) in [6.45, 7) is 3.19. The van der Waals surface area contributed by atoms with E-state index in [-0.39, 0.29) is 17.8 Å². The Bertz CT molecular complexity index is 739. The molecule has 7 nitrogen and oxygen atoms in total. The minimum atomic E-state index is -1.03. The Morgan fingerprint density at radius 3 is 2.71 bits per heavy atom. The monoisotopic (exact) mass is 293 g/mol. The lowest BCUT2D eigenvalue weighted by molar-refractivity contribution is -0.384. The molecule has 0 bridgehead atoms. The van der Waals surface area contributed by atoms with Crippen LogP contribution in [0.1, 0.15) is 17.0 Å². The van der Waals surface area contributed by atoms with E-state index < -0.39 is 16.7 Å². The Hall–Kier alpha value is -2.77. The number of rotatable bonds is 4. The van der Waals surface area contributed by atoms with Crippen molar-refractivity contribution in [3.8, 4) is 5.69 Å². The smallest absolute Gasteiger partial charge is 0.307 e. The first kappa shape index (κ1) is 14.6. The number of hydrogen-bond donors (Lipinski definition) is 1. The first-order valence-corrected chi connectivity index (χ1v) is 6.02. The van der Waals surface area contributed by atoms with Crippen LogP contribution in [0.4, 0.5) is 10.1 Å². The van der Waals surface area contributed by atoms with Gasteiger partial charge in [-0.25, -0.2) is 9.07 Å². The largest absolute Gasteiger partial charge is 0.481 e. The van der Waals surface area contributed by atoms with Gasteiger partial charge in [-0.15, -0.1) is 0 Å². The average molecular weight is 293 g/mol. The minimum absolute atomic E-state index is 0.0303. The van der Waals surface area contributed by atoms with Crippen molar-refractivity contribution in [2.24, 2.45) is 0 Å². The van der Waals surface area contributed by atoms with E-state index in [4.69, 9.17) is 5.11 Å². The van der Waals surface area contributed by atoms with Gasteiger partial charge in [-0.1, -0.05) is 0 Å². The molecule has 1 aromatic heterocycles. The molecule has 0 fully saturated rings. The van der Waals surface area contributed by atoms with Gasteiger partial charge in [0.25, 0.3) is 5.69 Å². The van der Waals surface area contributed by atoms with E-state index in [0.29, 0.717) is 17.0 Å². The van der Waals surface area contributed by atoms with Crippen LogP contribution in [0.2, 0.25) is 0 Å². The van der Waals surface area contributed by atoms with Crippen molar-refractivity contribution >= 4 is 11.7 Å². The van der Waals surface area contributed by atoms with Crippen molar-refractivity contribution in [2.75, 3.05) is 0 Å². The van der Waals surface area contributed by atoms with E-state index in [9.17, 15) is 19.3 Å². The molecular formula is C13H12FN3O4. The van der Waals surface area contributed by atoms with Crippen molar-refractivity contribution in [2.45, 2.75) is 20.3 Å². The van der Waals surface area contributed by atoms with E-state index in [0.717, 1.165) is 18.2 Å². The van der Waals surface area contributed by atoms with Crippen LogP contribution in [0.25, 0.3) is 5.69 Å². The molecule has 1 N–H and O–H groups in total. The Morgan fingerprint density at radius 2 is 2.14 bits per heavy atom. The maximum Gasteiger partial charge on any atom is 0.307 e. The summed E-state index contributed by atoms with van der Waals surface area (Å²) < 4.78 is 14.6. The standard InChI is InChI=1S/C13H12FN3O4/c1-7-10(6-13(18)19)8(2)16(15-7)12-5-9(14)3-4-11(12)17(20)21/h3-5H,6H2,1-2H3,(H,18,19). The van der Waals surface area contributed by atoms with E-state index in [1.165, 1.54) is 4.68 Å². The lowest BCUT2D eigenvalue weighted by Crippen LogP contribution is -2.06. The predicted octanol–water partition coefficient (Wildman–Crippen LogP) is 2.16. The normalized spacial score (nSPS) is 10.6. The van der Waals surface area contributed by atoms with Crippen LogP contribution in [0.3, 0.4) is 0 Å². The third-order valence-corrected chi connectivity index (χ3v) is 3.13. The van der Waals surface area contributed by atoms with E-state index >= 15 is 0 Å². The summed E-state index contributed by atoms with van der Waals surface area (Å²) in [6.07, 6.45) is -0.249. The molecule has 1 heterocycles. The number of carboxylic acid groups (broad SMARTS) is 1. The third-order valence-electron chi connectivity index (χ3n) is 3.13. The zero-order valence-corrected chi connectivity index (χ0v) is 11.3. The molecule has 0 amide bonds. The number of aromatic nitrogens is 2. The van der Waals surface area contributed by atoms with Gasteiger partial charge in [0.05, 0.1) is 17.0 Å². The second-order valence-corrected chi connectivity index (χ2v) is 4.52.